The average Bonchev–Trinajstić information content (AvgIpc) is 2.56. The number of rotatable bonds is 5. The molecule has 0 spiro atoms. The molecule has 0 bridgehead atoms. The number of halogens is 1. The summed E-state index contributed by atoms with van der Waals surface area (Å²) in [5.41, 5.74) is 3.85. The maximum atomic E-state index is 5.81. The van der Waals surface area contributed by atoms with Crippen molar-refractivity contribution >= 4 is 15.9 Å². The minimum Gasteiger partial charge on any atom is -0.490 e. The van der Waals surface area contributed by atoms with E-state index in [0.29, 0.717) is 13.2 Å². The highest BCUT2D eigenvalue weighted by Crippen LogP contribution is 2.39. The molecule has 2 aromatic rings. The fraction of sp³-hybridized carbons (Fsp3) is 0.368. The highest BCUT2D eigenvalue weighted by molar-refractivity contribution is 9.10. The summed E-state index contributed by atoms with van der Waals surface area (Å²) in [6.07, 6.45) is 1.00. The van der Waals surface area contributed by atoms with Gasteiger partial charge in [0, 0.05) is 11.0 Å². The summed E-state index contributed by atoms with van der Waals surface area (Å²) in [5, 5.41) is 3.63. The Morgan fingerprint density at radius 2 is 1.74 bits per heavy atom. The third-order valence-electron chi connectivity index (χ3n) is 4.08. The summed E-state index contributed by atoms with van der Waals surface area (Å²) < 4.78 is 12.7. The van der Waals surface area contributed by atoms with E-state index in [4.69, 9.17) is 9.47 Å². The predicted molar refractivity (Wildman–Crippen MR) is 96.5 cm³/mol. The van der Waals surface area contributed by atoms with Crippen LogP contribution in [0.3, 0.4) is 0 Å². The van der Waals surface area contributed by atoms with Crippen molar-refractivity contribution in [3.63, 3.8) is 0 Å². The Balaban J connectivity index is 2.07. The lowest BCUT2D eigenvalue weighted by Gasteiger charge is -2.29. The van der Waals surface area contributed by atoms with Crippen molar-refractivity contribution in [1.82, 2.24) is 5.32 Å². The molecule has 4 heteroatoms. The fourth-order valence-electron chi connectivity index (χ4n) is 3.09. The third-order valence-corrected chi connectivity index (χ3v) is 4.80. The Labute approximate surface area is 146 Å². The van der Waals surface area contributed by atoms with Gasteiger partial charge in [0.05, 0.1) is 19.3 Å². The quantitative estimate of drug-likeness (QED) is 0.835. The van der Waals surface area contributed by atoms with E-state index in [0.717, 1.165) is 28.9 Å². The maximum Gasteiger partial charge on any atom is 0.161 e. The van der Waals surface area contributed by atoms with Gasteiger partial charge in [-0.05, 0) is 55.2 Å². The Kier molecular flexibility index (Phi) is 5.23. The molecule has 23 heavy (non-hydrogen) atoms. The summed E-state index contributed by atoms with van der Waals surface area (Å²) in [6.45, 7) is 6.23. The monoisotopic (exact) mass is 375 g/mol. The van der Waals surface area contributed by atoms with Gasteiger partial charge in [0.1, 0.15) is 0 Å². The van der Waals surface area contributed by atoms with Crippen molar-refractivity contribution in [3.8, 4) is 11.5 Å². The first-order valence-corrected chi connectivity index (χ1v) is 8.94. The molecular formula is C19H22BrNO2. The highest BCUT2D eigenvalue weighted by atomic mass is 79.9. The van der Waals surface area contributed by atoms with Crippen LogP contribution in [0.25, 0.3) is 0 Å². The van der Waals surface area contributed by atoms with Gasteiger partial charge in [-0.25, -0.2) is 0 Å². The molecule has 3 rings (SSSR count). The van der Waals surface area contributed by atoms with Gasteiger partial charge >= 0.3 is 0 Å². The average molecular weight is 376 g/mol. The van der Waals surface area contributed by atoms with Crippen LogP contribution in [0, 0.1) is 0 Å². The summed E-state index contributed by atoms with van der Waals surface area (Å²) in [7, 11) is 0. The second-order valence-corrected chi connectivity index (χ2v) is 6.38. The second kappa shape index (κ2) is 7.37. The molecule has 0 saturated carbocycles. The van der Waals surface area contributed by atoms with Crippen molar-refractivity contribution in [1.29, 1.82) is 0 Å². The number of hydrogen-bond donors (Lipinski definition) is 1. The molecule has 0 fully saturated rings. The maximum absolute atomic E-state index is 5.81. The van der Waals surface area contributed by atoms with Gasteiger partial charge in [-0.1, -0.05) is 34.1 Å². The molecule has 1 aliphatic rings. The third kappa shape index (κ3) is 3.38. The Hall–Kier alpha value is -1.52. The molecular weight excluding hydrogens is 354 g/mol. The number of hydrogen-bond acceptors (Lipinski definition) is 3. The van der Waals surface area contributed by atoms with Crippen LogP contribution >= 0.6 is 15.9 Å². The van der Waals surface area contributed by atoms with Crippen LogP contribution in [0.5, 0.6) is 11.5 Å². The smallest absolute Gasteiger partial charge is 0.161 e. The minimum absolute atomic E-state index is 0.171. The van der Waals surface area contributed by atoms with Gasteiger partial charge < -0.3 is 14.8 Å². The van der Waals surface area contributed by atoms with Gasteiger partial charge in [-0.2, -0.15) is 0 Å². The van der Waals surface area contributed by atoms with Crippen molar-refractivity contribution in [3.05, 3.63) is 57.6 Å². The molecule has 0 amide bonds. The van der Waals surface area contributed by atoms with Crippen LogP contribution in [0.1, 0.15) is 36.6 Å². The standard InChI is InChI=1S/C19H22BrNO2/c1-3-22-17-11-13-9-10-21-19(14-7-5-6-8-16(14)20)15(13)12-18(17)23-4-2/h5-8,11-12,19,21H,3-4,9-10H2,1-2H3. The van der Waals surface area contributed by atoms with Crippen molar-refractivity contribution < 1.29 is 9.47 Å². The molecule has 0 radical (unpaired) electrons. The Morgan fingerprint density at radius 3 is 2.43 bits per heavy atom. The lowest BCUT2D eigenvalue weighted by molar-refractivity contribution is 0.286. The summed E-state index contributed by atoms with van der Waals surface area (Å²) in [6, 6.07) is 12.8. The molecule has 0 aromatic heterocycles. The lowest BCUT2D eigenvalue weighted by atomic mass is 9.89. The van der Waals surface area contributed by atoms with Gasteiger partial charge in [-0.15, -0.1) is 0 Å². The summed E-state index contributed by atoms with van der Waals surface area (Å²) in [5.74, 6) is 1.68. The van der Waals surface area contributed by atoms with E-state index in [1.165, 1.54) is 16.7 Å². The van der Waals surface area contributed by atoms with Gasteiger partial charge in [0.15, 0.2) is 11.5 Å². The normalized spacial score (nSPS) is 16.7. The molecule has 1 N–H and O–H groups in total. The van der Waals surface area contributed by atoms with Crippen LogP contribution < -0.4 is 14.8 Å². The Morgan fingerprint density at radius 1 is 1.04 bits per heavy atom. The van der Waals surface area contributed by atoms with E-state index >= 15 is 0 Å². The van der Waals surface area contributed by atoms with Crippen molar-refractivity contribution in [2.75, 3.05) is 19.8 Å². The number of benzene rings is 2. The summed E-state index contributed by atoms with van der Waals surface area (Å²) >= 11 is 3.68. The molecule has 2 aromatic carbocycles. The van der Waals surface area contributed by atoms with Crippen LogP contribution in [-0.2, 0) is 6.42 Å². The molecule has 0 aliphatic carbocycles. The number of ether oxygens (including phenoxy) is 2. The van der Waals surface area contributed by atoms with E-state index in [1.807, 2.05) is 19.9 Å². The van der Waals surface area contributed by atoms with E-state index in [-0.39, 0.29) is 6.04 Å². The van der Waals surface area contributed by atoms with E-state index in [9.17, 15) is 0 Å². The first-order chi connectivity index (χ1) is 11.2. The topological polar surface area (TPSA) is 30.5 Å². The van der Waals surface area contributed by atoms with Crippen LogP contribution in [0.4, 0.5) is 0 Å². The molecule has 1 heterocycles. The second-order valence-electron chi connectivity index (χ2n) is 5.52. The SMILES string of the molecule is CCOc1cc2c(cc1OCC)C(c1ccccc1Br)NCC2. The molecule has 0 saturated heterocycles. The zero-order valence-corrected chi connectivity index (χ0v) is 15.2. The van der Waals surface area contributed by atoms with E-state index in [2.05, 4.69) is 51.6 Å². The molecule has 1 atom stereocenters. The van der Waals surface area contributed by atoms with Gasteiger partial charge in [0.25, 0.3) is 0 Å². The highest BCUT2D eigenvalue weighted by Gasteiger charge is 2.25. The first-order valence-electron chi connectivity index (χ1n) is 8.14. The molecule has 1 unspecified atom stereocenters. The predicted octanol–water partition coefficient (Wildman–Crippen LogP) is 4.48. The van der Waals surface area contributed by atoms with E-state index in [1.54, 1.807) is 0 Å². The first kappa shape index (κ1) is 16.3. The van der Waals surface area contributed by atoms with Crippen molar-refractivity contribution in [2.24, 2.45) is 0 Å². The zero-order chi connectivity index (χ0) is 16.2. The van der Waals surface area contributed by atoms with Gasteiger partial charge in [-0.3, -0.25) is 0 Å². The number of fused-ring (bicyclic) bond motifs is 1. The largest absolute Gasteiger partial charge is 0.490 e. The van der Waals surface area contributed by atoms with Crippen LogP contribution in [-0.4, -0.2) is 19.8 Å². The van der Waals surface area contributed by atoms with Crippen molar-refractivity contribution in [2.45, 2.75) is 26.3 Å². The van der Waals surface area contributed by atoms with E-state index < -0.39 is 0 Å². The number of nitrogens with one attached hydrogen (secondary N) is 1. The Bertz CT molecular complexity index is 687. The van der Waals surface area contributed by atoms with Crippen LogP contribution in [0.15, 0.2) is 40.9 Å². The summed E-state index contributed by atoms with van der Waals surface area (Å²) in [4.78, 5) is 0. The molecule has 1 aliphatic heterocycles. The minimum atomic E-state index is 0.171. The van der Waals surface area contributed by atoms with Gasteiger partial charge in [0.2, 0.25) is 0 Å². The molecule has 3 nitrogen and oxygen atoms in total. The lowest BCUT2D eigenvalue weighted by Crippen LogP contribution is -2.31. The molecule has 122 valence electrons. The fourth-order valence-corrected chi connectivity index (χ4v) is 3.60. The zero-order valence-electron chi connectivity index (χ0n) is 13.6. The van der Waals surface area contributed by atoms with Crippen LogP contribution in [0.2, 0.25) is 0 Å².